The van der Waals surface area contributed by atoms with Crippen LogP contribution in [0.2, 0.25) is 0 Å². The molecule has 0 spiro atoms. The molecule has 2 aliphatic rings. The number of carbonyl (C=O) groups is 1. The summed E-state index contributed by atoms with van der Waals surface area (Å²) in [6, 6.07) is 14.8. The molecule has 0 bridgehead atoms. The Labute approximate surface area is 190 Å². The van der Waals surface area contributed by atoms with Crippen molar-refractivity contribution in [3.8, 4) is 0 Å². The molecule has 2 fully saturated rings. The minimum Gasteiger partial charge on any atom is -0.307 e. The lowest BCUT2D eigenvalue weighted by Crippen LogP contribution is -2.45. The van der Waals surface area contributed by atoms with E-state index < -0.39 is 11.7 Å². The Morgan fingerprint density at radius 3 is 2.22 bits per heavy atom. The number of piperazine rings is 1. The molecule has 4 rings (SSSR count). The molecule has 2 saturated heterocycles. The van der Waals surface area contributed by atoms with Gasteiger partial charge in [0.2, 0.25) is 0 Å². The molecule has 2 aromatic rings. The molecule has 2 aromatic carbocycles. The van der Waals surface area contributed by atoms with E-state index in [0.717, 1.165) is 49.4 Å². The largest absolute Gasteiger partial charge is 0.416 e. The zero-order valence-electron chi connectivity index (χ0n) is 17.9. The van der Waals surface area contributed by atoms with Crippen LogP contribution in [0.1, 0.15) is 11.1 Å². The monoisotopic (exact) mass is 461 g/mol. The van der Waals surface area contributed by atoms with E-state index in [4.69, 9.17) is 0 Å². The van der Waals surface area contributed by atoms with Gasteiger partial charge in [-0.05, 0) is 42.4 Å². The van der Waals surface area contributed by atoms with Crippen molar-refractivity contribution in [2.75, 3.05) is 57.0 Å². The molecule has 1 amide bonds. The summed E-state index contributed by atoms with van der Waals surface area (Å²) in [6.07, 6.45) is -4.39. The molecule has 8 heteroatoms. The van der Waals surface area contributed by atoms with Crippen LogP contribution in [0.5, 0.6) is 0 Å². The highest BCUT2D eigenvalue weighted by atomic mass is 32.2. The minimum absolute atomic E-state index is 0.144. The lowest BCUT2D eigenvalue weighted by atomic mass is 10.0. The molecule has 32 heavy (non-hydrogen) atoms. The second kappa shape index (κ2) is 9.68. The van der Waals surface area contributed by atoms with Crippen LogP contribution >= 0.6 is 11.8 Å². The summed E-state index contributed by atoms with van der Waals surface area (Å²) in [5, 5.41) is 0. The van der Waals surface area contributed by atoms with E-state index in [9.17, 15) is 18.0 Å². The first-order valence-corrected chi connectivity index (χ1v) is 11.6. The third-order valence-electron chi connectivity index (χ3n) is 5.88. The fraction of sp³-hybridized carbons (Fsp3) is 0.375. The van der Waals surface area contributed by atoms with Crippen LogP contribution in [-0.2, 0) is 11.0 Å². The molecule has 0 aromatic heterocycles. The van der Waals surface area contributed by atoms with Crippen molar-refractivity contribution in [1.82, 2.24) is 9.80 Å². The molecule has 0 aliphatic carbocycles. The van der Waals surface area contributed by atoms with Crippen LogP contribution in [0.3, 0.4) is 0 Å². The smallest absolute Gasteiger partial charge is 0.307 e. The Kier molecular flexibility index (Phi) is 6.93. The van der Waals surface area contributed by atoms with Gasteiger partial charge in [-0.25, -0.2) is 0 Å². The Bertz CT molecular complexity index is 968. The Morgan fingerprint density at radius 1 is 0.938 bits per heavy atom. The number of carbonyl (C=O) groups excluding carboxylic acids is 1. The molecule has 4 nitrogen and oxygen atoms in total. The van der Waals surface area contributed by atoms with Gasteiger partial charge >= 0.3 is 6.18 Å². The number of halogens is 3. The van der Waals surface area contributed by atoms with Crippen LogP contribution in [0.4, 0.5) is 18.9 Å². The van der Waals surface area contributed by atoms with Gasteiger partial charge in [-0.1, -0.05) is 30.3 Å². The number of nitrogens with zero attached hydrogens (tertiary/aromatic N) is 3. The molecule has 170 valence electrons. The van der Waals surface area contributed by atoms with Crippen LogP contribution in [-0.4, -0.2) is 67.8 Å². The van der Waals surface area contributed by atoms with Gasteiger partial charge in [0.15, 0.2) is 0 Å². The Hall–Kier alpha value is -2.29. The number of hydrogen-bond donors (Lipinski definition) is 0. The topological polar surface area (TPSA) is 26.8 Å². The van der Waals surface area contributed by atoms with Gasteiger partial charge in [-0.2, -0.15) is 13.2 Å². The molecular formula is C24H26F3N3OS. The maximum Gasteiger partial charge on any atom is 0.416 e. The highest BCUT2D eigenvalue weighted by Crippen LogP contribution is 2.36. The molecule has 2 aliphatic heterocycles. The zero-order valence-corrected chi connectivity index (χ0v) is 18.8. The highest BCUT2D eigenvalue weighted by molar-refractivity contribution is 8.04. The second-order valence-corrected chi connectivity index (χ2v) is 9.21. The van der Waals surface area contributed by atoms with Crippen LogP contribution < -0.4 is 4.90 Å². The third kappa shape index (κ3) is 5.19. The van der Waals surface area contributed by atoms with Crippen molar-refractivity contribution in [3.05, 3.63) is 70.6 Å². The Morgan fingerprint density at radius 2 is 1.59 bits per heavy atom. The third-order valence-corrected chi connectivity index (χ3v) is 6.98. The first-order chi connectivity index (χ1) is 15.3. The Balaban J connectivity index is 1.65. The standard InChI is InChI=1S/C24H26F3N3OS/c1-28-11-13-29(14-12-28)17-21(18-5-3-2-4-6-18)22-23(31)30(15-16-32-22)20-9-7-19(8-10-20)24(25,26)27/h2-10H,11-17H2,1H3. The molecule has 2 heterocycles. The summed E-state index contributed by atoms with van der Waals surface area (Å²) in [7, 11) is 2.11. The van der Waals surface area contributed by atoms with E-state index >= 15 is 0 Å². The van der Waals surface area contributed by atoms with Crippen molar-refractivity contribution in [1.29, 1.82) is 0 Å². The predicted octanol–water partition coefficient (Wildman–Crippen LogP) is 4.44. The molecule has 0 atom stereocenters. The van der Waals surface area contributed by atoms with Gasteiger partial charge in [0.1, 0.15) is 0 Å². The van der Waals surface area contributed by atoms with E-state index in [0.29, 0.717) is 29.4 Å². The van der Waals surface area contributed by atoms with Gasteiger partial charge in [-0.3, -0.25) is 9.69 Å². The zero-order chi connectivity index (χ0) is 22.7. The van der Waals surface area contributed by atoms with E-state index in [-0.39, 0.29) is 5.91 Å². The minimum atomic E-state index is -4.39. The van der Waals surface area contributed by atoms with Gasteiger partial charge in [-0.15, -0.1) is 11.8 Å². The van der Waals surface area contributed by atoms with Gasteiger partial charge in [0.05, 0.1) is 10.5 Å². The van der Waals surface area contributed by atoms with Crippen molar-refractivity contribution >= 4 is 28.9 Å². The summed E-state index contributed by atoms with van der Waals surface area (Å²) < 4.78 is 38.8. The molecule has 0 radical (unpaired) electrons. The highest BCUT2D eigenvalue weighted by Gasteiger charge is 2.32. The number of alkyl halides is 3. The fourth-order valence-electron chi connectivity index (χ4n) is 3.98. The number of amides is 1. The van der Waals surface area contributed by atoms with Gasteiger partial charge in [0.25, 0.3) is 5.91 Å². The fourth-order valence-corrected chi connectivity index (χ4v) is 5.05. The average molecular weight is 462 g/mol. The second-order valence-electron chi connectivity index (χ2n) is 8.10. The first kappa shape index (κ1) is 22.9. The summed E-state index contributed by atoms with van der Waals surface area (Å²) in [6.45, 7) is 4.97. The van der Waals surface area contributed by atoms with E-state index in [1.165, 1.54) is 12.1 Å². The predicted molar refractivity (Wildman–Crippen MR) is 124 cm³/mol. The average Bonchev–Trinajstić information content (AvgIpc) is 2.79. The van der Waals surface area contributed by atoms with E-state index in [2.05, 4.69) is 16.8 Å². The van der Waals surface area contributed by atoms with Crippen molar-refractivity contribution in [3.63, 3.8) is 0 Å². The summed E-state index contributed by atoms with van der Waals surface area (Å²) >= 11 is 1.54. The maximum atomic E-state index is 13.5. The molecule has 0 saturated carbocycles. The van der Waals surface area contributed by atoms with Crippen LogP contribution in [0, 0.1) is 0 Å². The van der Waals surface area contributed by atoms with Crippen molar-refractivity contribution < 1.29 is 18.0 Å². The number of benzene rings is 2. The number of rotatable bonds is 4. The van der Waals surface area contributed by atoms with Crippen molar-refractivity contribution in [2.24, 2.45) is 0 Å². The maximum absolute atomic E-state index is 13.5. The van der Waals surface area contributed by atoms with Crippen LogP contribution in [0.15, 0.2) is 59.5 Å². The van der Waals surface area contributed by atoms with E-state index in [1.54, 1.807) is 16.7 Å². The normalized spacial score (nSPS) is 20.5. The lowest BCUT2D eigenvalue weighted by molar-refractivity contribution is -0.137. The quantitative estimate of drug-likeness (QED) is 0.629. The summed E-state index contributed by atoms with van der Waals surface area (Å²) in [5.41, 5.74) is 1.78. The van der Waals surface area contributed by atoms with Crippen molar-refractivity contribution in [2.45, 2.75) is 6.18 Å². The number of anilines is 1. The lowest BCUT2D eigenvalue weighted by Gasteiger charge is -2.35. The summed E-state index contributed by atoms with van der Waals surface area (Å²) in [4.78, 5) is 20.4. The SMILES string of the molecule is CN1CCN(CC(=C2SCCN(c3ccc(C(F)(F)F)cc3)C2=O)c2ccccc2)CC1. The first-order valence-electron chi connectivity index (χ1n) is 10.6. The molecule has 0 unspecified atom stereocenters. The number of likely N-dealkylation sites (N-methyl/N-ethyl adjacent to an activating group) is 1. The van der Waals surface area contributed by atoms with Crippen LogP contribution in [0.25, 0.3) is 5.57 Å². The number of thioether (sulfide) groups is 1. The van der Waals surface area contributed by atoms with Gasteiger partial charge < -0.3 is 9.80 Å². The number of hydrogen-bond acceptors (Lipinski definition) is 4. The molecule has 0 N–H and O–H groups in total. The van der Waals surface area contributed by atoms with Gasteiger partial charge in [0, 0.05) is 50.7 Å². The molecular weight excluding hydrogens is 435 g/mol. The van der Waals surface area contributed by atoms with E-state index in [1.807, 2.05) is 30.3 Å². The summed E-state index contributed by atoms with van der Waals surface area (Å²) in [5.74, 6) is 0.551.